The first-order valence-corrected chi connectivity index (χ1v) is 6.21. The number of nitrogens with one attached hydrogen (secondary N) is 1. The predicted octanol–water partition coefficient (Wildman–Crippen LogP) is 2.00. The van der Waals surface area contributed by atoms with Crippen molar-refractivity contribution in [2.75, 3.05) is 6.61 Å². The van der Waals surface area contributed by atoms with Gasteiger partial charge in [0.2, 0.25) is 0 Å². The third-order valence-corrected chi connectivity index (χ3v) is 2.90. The molecule has 0 saturated carbocycles. The van der Waals surface area contributed by atoms with Gasteiger partial charge in [-0.3, -0.25) is 4.79 Å². The van der Waals surface area contributed by atoms with E-state index in [0.717, 1.165) is 6.42 Å². The van der Waals surface area contributed by atoms with Crippen molar-refractivity contribution in [2.45, 2.75) is 39.3 Å². The number of amides is 1. The third kappa shape index (κ3) is 4.87. The van der Waals surface area contributed by atoms with Crippen molar-refractivity contribution in [3.8, 4) is 5.75 Å². The molecule has 0 unspecified atom stereocenters. The Labute approximate surface area is 112 Å². The molecule has 4 nitrogen and oxygen atoms in total. The van der Waals surface area contributed by atoms with Crippen LogP contribution in [0.3, 0.4) is 0 Å². The van der Waals surface area contributed by atoms with Crippen molar-refractivity contribution in [1.82, 2.24) is 5.32 Å². The Morgan fingerprint density at radius 1 is 1.47 bits per heavy atom. The van der Waals surface area contributed by atoms with Crippen LogP contribution >= 0.6 is 0 Å². The minimum Gasteiger partial charge on any atom is -0.481 e. The molecule has 0 atom stereocenters. The fourth-order valence-corrected chi connectivity index (χ4v) is 1.40. The average molecular weight is 269 g/mol. The molecule has 1 rings (SSSR count). The summed E-state index contributed by atoms with van der Waals surface area (Å²) in [5.74, 6) is -0.881. The summed E-state index contributed by atoms with van der Waals surface area (Å²) in [6.07, 6.45) is 0.790. The van der Waals surface area contributed by atoms with Crippen LogP contribution in [0.5, 0.6) is 5.75 Å². The van der Waals surface area contributed by atoms with Crippen LogP contribution in [0.2, 0.25) is 0 Å². The Balaban J connectivity index is 2.55. The van der Waals surface area contributed by atoms with Gasteiger partial charge in [-0.15, -0.1) is 0 Å². The lowest BCUT2D eigenvalue weighted by Crippen LogP contribution is -2.44. The van der Waals surface area contributed by atoms with E-state index in [1.165, 1.54) is 12.1 Å². The van der Waals surface area contributed by atoms with Gasteiger partial charge in [-0.05, 0) is 38.0 Å². The highest BCUT2D eigenvalue weighted by Gasteiger charge is 2.18. The van der Waals surface area contributed by atoms with Crippen molar-refractivity contribution < 1.29 is 19.0 Å². The van der Waals surface area contributed by atoms with E-state index in [1.54, 1.807) is 6.07 Å². The van der Waals surface area contributed by atoms with Gasteiger partial charge in [0.1, 0.15) is 0 Å². The van der Waals surface area contributed by atoms with Crippen molar-refractivity contribution in [3.05, 3.63) is 29.6 Å². The highest BCUT2D eigenvalue weighted by Crippen LogP contribution is 2.18. The van der Waals surface area contributed by atoms with Crippen LogP contribution in [0.15, 0.2) is 18.2 Å². The second-order valence-corrected chi connectivity index (χ2v) is 5.00. The van der Waals surface area contributed by atoms with E-state index in [-0.39, 0.29) is 30.4 Å². The third-order valence-electron chi connectivity index (χ3n) is 2.90. The lowest BCUT2D eigenvalue weighted by atomic mass is 10.0. The van der Waals surface area contributed by atoms with Gasteiger partial charge in [-0.25, -0.2) is 4.39 Å². The van der Waals surface area contributed by atoms with Gasteiger partial charge in [-0.2, -0.15) is 0 Å². The smallest absolute Gasteiger partial charge is 0.258 e. The Morgan fingerprint density at radius 3 is 2.68 bits per heavy atom. The van der Waals surface area contributed by atoms with Crippen LogP contribution in [0.25, 0.3) is 0 Å². The Kier molecular flexibility index (Phi) is 5.30. The monoisotopic (exact) mass is 269 g/mol. The number of ether oxygens (including phenoxy) is 1. The zero-order valence-corrected chi connectivity index (χ0v) is 11.5. The van der Waals surface area contributed by atoms with Crippen LogP contribution in [0.1, 0.15) is 32.8 Å². The first-order chi connectivity index (χ1) is 8.88. The molecule has 0 radical (unpaired) electrons. The van der Waals surface area contributed by atoms with Crippen LogP contribution in [0, 0.1) is 5.82 Å². The molecular formula is C14H20FNO3. The summed E-state index contributed by atoms with van der Waals surface area (Å²) in [7, 11) is 0. The second kappa shape index (κ2) is 6.52. The van der Waals surface area contributed by atoms with E-state index in [9.17, 15) is 9.18 Å². The number of halogens is 1. The lowest BCUT2D eigenvalue weighted by molar-refractivity contribution is -0.124. The molecule has 0 saturated heterocycles. The molecule has 106 valence electrons. The summed E-state index contributed by atoms with van der Waals surface area (Å²) < 4.78 is 18.6. The number of benzene rings is 1. The number of carbonyl (C=O) groups is 1. The number of rotatable bonds is 6. The molecule has 0 aromatic heterocycles. The summed E-state index contributed by atoms with van der Waals surface area (Å²) in [6, 6.07) is 4.13. The normalized spacial score (nSPS) is 11.2. The van der Waals surface area contributed by atoms with E-state index in [0.29, 0.717) is 5.56 Å². The van der Waals surface area contributed by atoms with E-state index in [4.69, 9.17) is 9.84 Å². The number of carbonyl (C=O) groups excluding carboxylic acids is 1. The molecule has 2 N–H and O–H groups in total. The van der Waals surface area contributed by atoms with Gasteiger partial charge in [0, 0.05) is 5.54 Å². The Hall–Kier alpha value is -1.62. The molecule has 1 aromatic carbocycles. The number of hydrogen-bond donors (Lipinski definition) is 2. The first-order valence-electron chi connectivity index (χ1n) is 6.21. The molecular weight excluding hydrogens is 249 g/mol. The maximum Gasteiger partial charge on any atom is 0.258 e. The van der Waals surface area contributed by atoms with Gasteiger partial charge in [0.25, 0.3) is 5.91 Å². The summed E-state index contributed by atoms with van der Waals surface area (Å²) >= 11 is 0. The van der Waals surface area contributed by atoms with Crippen molar-refractivity contribution >= 4 is 5.91 Å². The van der Waals surface area contributed by atoms with E-state index in [1.807, 2.05) is 20.8 Å². The van der Waals surface area contributed by atoms with E-state index in [2.05, 4.69) is 5.32 Å². The fourth-order valence-electron chi connectivity index (χ4n) is 1.40. The van der Waals surface area contributed by atoms with E-state index >= 15 is 0 Å². The zero-order chi connectivity index (χ0) is 14.5. The Bertz CT molecular complexity index is 446. The molecule has 0 heterocycles. The van der Waals surface area contributed by atoms with Crippen LogP contribution < -0.4 is 10.1 Å². The zero-order valence-electron chi connectivity index (χ0n) is 11.5. The maximum absolute atomic E-state index is 13.5. The lowest BCUT2D eigenvalue weighted by Gasteiger charge is -2.24. The topological polar surface area (TPSA) is 58.6 Å². The largest absolute Gasteiger partial charge is 0.481 e. The molecule has 1 amide bonds. The van der Waals surface area contributed by atoms with Crippen LogP contribution in [0.4, 0.5) is 4.39 Å². The van der Waals surface area contributed by atoms with Crippen molar-refractivity contribution in [1.29, 1.82) is 0 Å². The van der Waals surface area contributed by atoms with E-state index < -0.39 is 5.82 Å². The minimum absolute atomic E-state index is 0.00153. The van der Waals surface area contributed by atoms with Gasteiger partial charge >= 0.3 is 0 Å². The van der Waals surface area contributed by atoms with Gasteiger partial charge in [-0.1, -0.05) is 13.0 Å². The summed E-state index contributed by atoms with van der Waals surface area (Å²) in [5.41, 5.74) is 0.154. The molecule has 0 spiro atoms. The summed E-state index contributed by atoms with van der Waals surface area (Å²) in [5, 5.41) is 11.6. The molecule has 0 fully saturated rings. The SMILES string of the molecule is CCC(C)(C)NC(=O)COc1ccc(CO)cc1F. The quantitative estimate of drug-likeness (QED) is 0.830. The molecule has 5 heteroatoms. The summed E-state index contributed by atoms with van der Waals surface area (Å²) in [4.78, 5) is 11.6. The minimum atomic E-state index is -0.589. The highest BCUT2D eigenvalue weighted by atomic mass is 19.1. The summed E-state index contributed by atoms with van der Waals surface area (Å²) in [6.45, 7) is 5.30. The average Bonchev–Trinajstić information content (AvgIpc) is 2.36. The molecule has 0 aliphatic carbocycles. The van der Waals surface area contributed by atoms with Crippen LogP contribution in [-0.4, -0.2) is 23.2 Å². The number of aliphatic hydroxyl groups is 1. The molecule has 0 aliphatic heterocycles. The molecule has 19 heavy (non-hydrogen) atoms. The Morgan fingerprint density at radius 2 is 2.16 bits per heavy atom. The highest BCUT2D eigenvalue weighted by molar-refractivity contribution is 5.78. The van der Waals surface area contributed by atoms with Crippen molar-refractivity contribution in [2.24, 2.45) is 0 Å². The van der Waals surface area contributed by atoms with Gasteiger partial charge in [0.15, 0.2) is 18.2 Å². The number of hydrogen-bond acceptors (Lipinski definition) is 3. The van der Waals surface area contributed by atoms with Gasteiger partial charge < -0.3 is 15.2 Å². The first kappa shape index (κ1) is 15.4. The van der Waals surface area contributed by atoms with Gasteiger partial charge in [0.05, 0.1) is 6.61 Å². The standard InChI is InChI=1S/C14H20FNO3/c1-4-14(2,3)16-13(18)9-19-12-6-5-10(8-17)7-11(12)15/h5-7,17H,4,8-9H2,1-3H3,(H,16,18). The molecule has 0 aliphatic rings. The molecule has 0 bridgehead atoms. The van der Waals surface area contributed by atoms with Crippen LogP contribution in [-0.2, 0) is 11.4 Å². The predicted molar refractivity (Wildman–Crippen MR) is 70.3 cm³/mol. The maximum atomic E-state index is 13.5. The van der Waals surface area contributed by atoms with Crippen molar-refractivity contribution in [3.63, 3.8) is 0 Å². The fraction of sp³-hybridized carbons (Fsp3) is 0.500. The number of aliphatic hydroxyl groups excluding tert-OH is 1. The molecule has 1 aromatic rings. The second-order valence-electron chi connectivity index (χ2n) is 5.00.